The van der Waals surface area contributed by atoms with E-state index in [1.807, 2.05) is 0 Å². The third-order valence-corrected chi connectivity index (χ3v) is 4.51. The van der Waals surface area contributed by atoms with E-state index in [9.17, 15) is 0 Å². The van der Waals surface area contributed by atoms with Crippen LogP contribution in [0, 0.1) is 6.92 Å². The van der Waals surface area contributed by atoms with Gasteiger partial charge in [0, 0.05) is 11.5 Å². The molecule has 3 rings (SSSR count). The standard InChI is InChI=1S/C19H23N/c1-3-20-18(16-11-9-15(2)10-12-16)19(13-14-19)17-7-5-4-6-8-17/h4-12,18,20H,3,13-14H2,1-2H3. The highest BCUT2D eigenvalue weighted by Crippen LogP contribution is 2.56. The number of hydrogen-bond acceptors (Lipinski definition) is 1. The average molecular weight is 265 g/mol. The smallest absolute Gasteiger partial charge is 0.0418 e. The van der Waals surface area contributed by atoms with Crippen LogP contribution in [0.2, 0.25) is 0 Å². The van der Waals surface area contributed by atoms with Crippen molar-refractivity contribution < 1.29 is 0 Å². The van der Waals surface area contributed by atoms with Crippen molar-refractivity contribution in [1.82, 2.24) is 5.32 Å². The van der Waals surface area contributed by atoms with E-state index in [1.165, 1.54) is 29.5 Å². The fraction of sp³-hybridized carbons (Fsp3) is 0.368. The molecule has 1 saturated carbocycles. The molecule has 1 nitrogen and oxygen atoms in total. The number of hydrogen-bond donors (Lipinski definition) is 1. The summed E-state index contributed by atoms with van der Waals surface area (Å²) < 4.78 is 0. The van der Waals surface area contributed by atoms with E-state index in [1.54, 1.807) is 0 Å². The highest BCUT2D eigenvalue weighted by Gasteiger charge is 2.50. The molecule has 1 atom stereocenters. The molecule has 104 valence electrons. The molecule has 0 bridgehead atoms. The lowest BCUT2D eigenvalue weighted by atomic mass is 9.83. The minimum Gasteiger partial charge on any atom is -0.309 e. The summed E-state index contributed by atoms with van der Waals surface area (Å²) in [6, 6.07) is 20.4. The summed E-state index contributed by atoms with van der Waals surface area (Å²) >= 11 is 0. The first kappa shape index (κ1) is 13.4. The summed E-state index contributed by atoms with van der Waals surface area (Å²) in [5.74, 6) is 0. The van der Waals surface area contributed by atoms with Gasteiger partial charge in [-0.25, -0.2) is 0 Å². The van der Waals surface area contributed by atoms with Gasteiger partial charge < -0.3 is 5.32 Å². The summed E-state index contributed by atoms with van der Waals surface area (Å²) in [7, 11) is 0. The quantitative estimate of drug-likeness (QED) is 0.846. The SMILES string of the molecule is CCNC(c1ccc(C)cc1)C1(c2ccccc2)CC1. The number of aryl methyl sites for hydroxylation is 1. The zero-order chi connectivity index (χ0) is 14.0. The molecule has 1 unspecified atom stereocenters. The van der Waals surface area contributed by atoms with E-state index < -0.39 is 0 Å². The Bertz CT molecular complexity index is 552. The lowest BCUT2D eigenvalue weighted by molar-refractivity contribution is 0.439. The first-order valence-electron chi connectivity index (χ1n) is 7.62. The molecule has 1 heteroatoms. The van der Waals surface area contributed by atoms with Crippen LogP contribution < -0.4 is 5.32 Å². The molecule has 0 spiro atoms. The number of likely N-dealkylation sites (N-methyl/N-ethyl adjacent to an activating group) is 1. The molecule has 2 aromatic carbocycles. The van der Waals surface area contributed by atoms with Crippen LogP contribution in [0.5, 0.6) is 0 Å². The van der Waals surface area contributed by atoms with Crippen molar-refractivity contribution in [2.75, 3.05) is 6.54 Å². The molecule has 2 aromatic rings. The van der Waals surface area contributed by atoms with Gasteiger partial charge in [-0.15, -0.1) is 0 Å². The van der Waals surface area contributed by atoms with E-state index >= 15 is 0 Å². The Morgan fingerprint density at radius 1 is 1.00 bits per heavy atom. The maximum Gasteiger partial charge on any atom is 0.0418 e. The second kappa shape index (κ2) is 5.41. The number of nitrogens with one attached hydrogen (secondary N) is 1. The minimum atomic E-state index is 0.298. The molecule has 0 amide bonds. The Kier molecular flexibility index (Phi) is 3.62. The molecule has 20 heavy (non-hydrogen) atoms. The van der Waals surface area contributed by atoms with Crippen LogP contribution >= 0.6 is 0 Å². The molecule has 1 aliphatic rings. The Hall–Kier alpha value is -1.60. The minimum absolute atomic E-state index is 0.298. The summed E-state index contributed by atoms with van der Waals surface area (Å²) in [5, 5.41) is 3.72. The van der Waals surface area contributed by atoms with E-state index in [0.717, 1.165) is 6.54 Å². The second-order valence-electron chi connectivity index (χ2n) is 5.92. The molecule has 1 N–H and O–H groups in total. The van der Waals surface area contributed by atoms with Gasteiger partial charge in [0.15, 0.2) is 0 Å². The van der Waals surface area contributed by atoms with Crippen molar-refractivity contribution >= 4 is 0 Å². The number of benzene rings is 2. The lowest BCUT2D eigenvalue weighted by Gasteiger charge is -2.29. The summed E-state index contributed by atoms with van der Waals surface area (Å²) in [5.41, 5.74) is 4.52. The maximum absolute atomic E-state index is 3.72. The van der Waals surface area contributed by atoms with Crippen molar-refractivity contribution in [3.05, 3.63) is 71.3 Å². The Morgan fingerprint density at radius 3 is 2.20 bits per heavy atom. The maximum atomic E-state index is 3.72. The molecule has 0 aliphatic heterocycles. The van der Waals surface area contributed by atoms with Crippen molar-refractivity contribution in [2.45, 2.75) is 38.1 Å². The van der Waals surface area contributed by atoms with Crippen LogP contribution in [0.1, 0.15) is 42.5 Å². The Labute approximate surface area is 122 Å². The molecular weight excluding hydrogens is 242 g/mol. The van der Waals surface area contributed by atoms with Crippen LogP contribution in [-0.4, -0.2) is 6.54 Å². The van der Waals surface area contributed by atoms with E-state index in [4.69, 9.17) is 0 Å². The zero-order valence-corrected chi connectivity index (χ0v) is 12.4. The van der Waals surface area contributed by atoms with Gasteiger partial charge in [-0.3, -0.25) is 0 Å². The third-order valence-electron chi connectivity index (χ3n) is 4.51. The predicted octanol–water partition coefficient (Wildman–Crippen LogP) is 4.38. The summed E-state index contributed by atoms with van der Waals surface area (Å²) in [4.78, 5) is 0. The van der Waals surface area contributed by atoms with Crippen molar-refractivity contribution in [3.8, 4) is 0 Å². The second-order valence-corrected chi connectivity index (χ2v) is 5.92. The highest BCUT2D eigenvalue weighted by molar-refractivity contribution is 5.39. The molecule has 0 saturated heterocycles. The first-order chi connectivity index (χ1) is 9.76. The van der Waals surface area contributed by atoms with Gasteiger partial charge in [-0.2, -0.15) is 0 Å². The molecular formula is C19H23N. The van der Waals surface area contributed by atoms with Crippen molar-refractivity contribution in [2.24, 2.45) is 0 Å². The van der Waals surface area contributed by atoms with Gasteiger partial charge in [0.05, 0.1) is 0 Å². The normalized spacial score (nSPS) is 17.7. The summed E-state index contributed by atoms with van der Waals surface area (Å²) in [6.07, 6.45) is 2.56. The van der Waals surface area contributed by atoms with Crippen molar-refractivity contribution in [1.29, 1.82) is 0 Å². The molecule has 0 heterocycles. The fourth-order valence-electron chi connectivity index (χ4n) is 3.24. The van der Waals surface area contributed by atoms with Gasteiger partial charge in [0.25, 0.3) is 0 Å². The van der Waals surface area contributed by atoms with E-state index in [0.29, 0.717) is 11.5 Å². The average Bonchev–Trinajstić information content (AvgIpc) is 3.28. The van der Waals surface area contributed by atoms with Gasteiger partial charge in [-0.1, -0.05) is 67.1 Å². The monoisotopic (exact) mass is 265 g/mol. The van der Waals surface area contributed by atoms with E-state index in [-0.39, 0.29) is 0 Å². The first-order valence-corrected chi connectivity index (χ1v) is 7.62. The van der Waals surface area contributed by atoms with Crippen LogP contribution in [0.25, 0.3) is 0 Å². The van der Waals surface area contributed by atoms with Gasteiger partial charge >= 0.3 is 0 Å². The van der Waals surface area contributed by atoms with Crippen LogP contribution in [0.4, 0.5) is 0 Å². The van der Waals surface area contributed by atoms with Crippen LogP contribution in [0.15, 0.2) is 54.6 Å². The van der Waals surface area contributed by atoms with Crippen LogP contribution in [0.3, 0.4) is 0 Å². The fourth-order valence-corrected chi connectivity index (χ4v) is 3.24. The topological polar surface area (TPSA) is 12.0 Å². The van der Waals surface area contributed by atoms with Gasteiger partial charge in [-0.05, 0) is 37.4 Å². The molecule has 0 aromatic heterocycles. The van der Waals surface area contributed by atoms with Crippen LogP contribution in [-0.2, 0) is 5.41 Å². The van der Waals surface area contributed by atoms with Crippen molar-refractivity contribution in [3.63, 3.8) is 0 Å². The third kappa shape index (κ3) is 2.38. The molecule has 0 radical (unpaired) electrons. The van der Waals surface area contributed by atoms with E-state index in [2.05, 4.69) is 73.8 Å². The Balaban J connectivity index is 1.97. The lowest BCUT2D eigenvalue weighted by Crippen LogP contribution is -2.32. The highest BCUT2D eigenvalue weighted by atomic mass is 14.9. The van der Waals surface area contributed by atoms with Gasteiger partial charge in [0.1, 0.15) is 0 Å². The predicted molar refractivity (Wildman–Crippen MR) is 85.0 cm³/mol. The summed E-state index contributed by atoms with van der Waals surface area (Å²) in [6.45, 7) is 5.35. The Morgan fingerprint density at radius 2 is 1.65 bits per heavy atom. The molecule has 1 fully saturated rings. The van der Waals surface area contributed by atoms with Gasteiger partial charge in [0.2, 0.25) is 0 Å². The largest absolute Gasteiger partial charge is 0.309 e. The number of rotatable bonds is 5. The zero-order valence-electron chi connectivity index (χ0n) is 12.4. The molecule has 1 aliphatic carbocycles.